The van der Waals surface area contributed by atoms with Crippen molar-refractivity contribution in [1.82, 2.24) is 0 Å². The van der Waals surface area contributed by atoms with Crippen molar-refractivity contribution in [1.29, 1.82) is 0 Å². The standard InChI is InChI=1S/C19H30O/c1-4-6-17-7-5-9-19(20,10-8-17)14-18-12-15(2)11-16(3)13-18/h11-13,17,20H,4-10,14H2,1-3H3. The number of rotatable bonds is 4. The topological polar surface area (TPSA) is 20.2 Å². The van der Waals surface area contributed by atoms with Crippen LogP contribution in [0.5, 0.6) is 0 Å². The van der Waals surface area contributed by atoms with Crippen LogP contribution in [0.15, 0.2) is 18.2 Å². The van der Waals surface area contributed by atoms with Gasteiger partial charge in [0.1, 0.15) is 0 Å². The molecule has 1 heteroatoms. The molecule has 112 valence electrons. The third-order valence-corrected chi connectivity index (χ3v) is 4.78. The summed E-state index contributed by atoms with van der Waals surface area (Å²) in [5, 5.41) is 11.0. The second-order valence-electron chi connectivity index (χ2n) is 6.98. The molecule has 2 rings (SSSR count). The Morgan fingerprint density at radius 2 is 1.80 bits per heavy atom. The molecule has 0 saturated heterocycles. The maximum Gasteiger partial charge on any atom is 0.0688 e. The Kier molecular flexibility index (Phi) is 5.26. The molecule has 1 saturated carbocycles. The van der Waals surface area contributed by atoms with Crippen molar-refractivity contribution in [3.8, 4) is 0 Å². The van der Waals surface area contributed by atoms with Gasteiger partial charge in [0, 0.05) is 6.42 Å². The van der Waals surface area contributed by atoms with E-state index in [1.54, 1.807) is 0 Å². The summed E-state index contributed by atoms with van der Waals surface area (Å²) in [5.41, 5.74) is 3.45. The maximum atomic E-state index is 11.0. The molecule has 0 heterocycles. The molecule has 1 aliphatic rings. The molecule has 0 radical (unpaired) electrons. The van der Waals surface area contributed by atoms with Crippen LogP contribution in [0.3, 0.4) is 0 Å². The molecule has 0 aromatic heterocycles. The van der Waals surface area contributed by atoms with Crippen molar-refractivity contribution in [3.05, 3.63) is 34.9 Å². The fourth-order valence-electron chi connectivity index (χ4n) is 3.89. The lowest BCUT2D eigenvalue weighted by molar-refractivity contribution is 0.0241. The average Bonchev–Trinajstić information content (AvgIpc) is 2.51. The van der Waals surface area contributed by atoms with E-state index >= 15 is 0 Å². The summed E-state index contributed by atoms with van der Waals surface area (Å²) < 4.78 is 0. The Labute approximate surface area is 124 Å². The molecule has 1 N–H and O–H groups in total. The van der Waals surface area contributed by atoms with Crippen molar-refractivity contribution in [2.24, 2.45) is 5.92 Å². The molecule has 2 atom stereocenters. The van der Waals surface area contributed by atoms with Crippen LogP contribution in [-0.2, 0) is 6.42 Å². The van der Waals surface area contributed by atoms with E-state index in [2.05, 4.69) is 39.0 Å². The molecule has 0 amide bonds. The minimum absolute atomic E-state index is 0.470. The van der Waals surface area contributed by atoms with Crippen LogP contribution in [0.2, 0.25) is 0 Å². The molecule has 1 nitrogen and oxygen atoms in total. The molecule has 1 aromatic rings. The van der Waals surface area contributed by atoms with Crippen LogP contribution < -0.4 is 0 Å². The van der Waals surface area contributed by atoms with Crippen molar-refractivity contribution >= 4 is 0 Å². The van der Waals surface area contributed by atoms with Gasteiger partial charge < -0.3 is 5.11 Å². The second kappa shape index (κ2) is 6.76. The largest absolute Gasteiger partial charge is 0.390 e. The summed E-state index contributed by atoms with van der Waals surface area (Å²) >= 11 is 0. The molecular formula is C19H30O. The maximum absolute atomic E-state index is 11.0. The zero-order valence-electron chi connectivity index (χ0n) is 13.4. The van der Waals surface area contributed by atoms with Gasteiger partial charge in [0.25, 0.3) is 0 Å². The van der Waals surface area contributed by atoms with Gasteiger partial charge in [-0.1, -0.05) is 61.9 Å². The molecular weight excluding hydrogens is 244 g/mol. The van der Waals surface area contributed by atoms with Gasteiger partial charge in [-0.25, -0.2) is 0 Å². The van der Waals surface area contributed by atoms with Crippen LogP contribution in [0.25, 0.3) is 0 Å². The monoisotopic (exact) mass is 274 g/mol. The van der Waals surface area contributed by atoms with Gasteiger partial charge in [0.05, 0.1) is 5.60 Å². The predicted octanol–water partition coefficient (Wildman–Crippen LogP) is 4.96. The van der Waals surface area contributed by atoms with Crippen molar-refractivity contribution < 1.29 is 5.11 Å². The first-order chi connectivity index (χ1) is 9.50. The fourth-order valence-corrected chi connectivity index (χ4v) is 3.89. The van der Waals surface area contributed by atoms with E-state index in [1.807, 2.05) is 0 Å². The highest BCUT2D eigenvalue weighted by Crippen LogP contribution is 2.34. The van der Waals surface area contributed by atoms with Crippen LogP contribution in [-0.4, -0.2) is 10.7 Å². The van der Waals surface area contributed by atoms with E-state index in [1.165, 1.54) is 48.8 Å². The van der Waals surface area contributed by atoms with Crippen LogP contribution >= 0.6 is 0 Å². The first-order valence-electron chi connectivity index (χ1n) is 8.30. The Bertz CT molecular complexity index is 417. The number of benzene rings is 1. The molecule has 2 unspecified atom stereocenters. The van der Waals surface area contributed by atoms with E-state index < -0.39 is 5.60 Å². The summed E-state index contributed by atoms with van der Waals surface area (Å²) in [6, 6.07) is 6.68. The summed E-state index contributed by atoms with van der Waals surface area (Å²) in [6.45, 7) is 6.56. The number of hydrogen-bond acceptors (Lipinski definition) is 1. The van der Waals surface area contributed by atoms with Crippen molar-refractivity contribution in [2.75, 3.05) is 0 Å². The molecule has 0 spiro atoms. The molecule has 0 bridgehead atoms. The van der Waals surface area contributed by atoms with Crippen LogP contribution in [0.1, 0.15) is 68.6 Å². The van der Waals surface area contributed by atoms with Crippen molar-refractivity contribution in [3.63, 3.8) is 0 Å². The van der Waals surface area contributed by atoms with E-state index in [0.717, 1.165) is 25.2 Å². The minimum atomic E-state index is -0.470. The predicted molar refractivity (Wildman–Crippen MR) is 86.1 cm³/mol. The fraction of sp³-hybridized carbons (Fsp3) is 0.684. The smallest absolute Gasteiger partial charge is 0.0688 e. The minimum Gasteiger partial charge on any atom is -0.390 e. The van der Waals surface area contributed by atoms with Gasteiger partial charge in [-0.15, -0.1) is 0 Å². The van der Waals surface area contributed by atoms with Gasteiger partial charge in [-0.05, 0) is 44.6 Å². The molecule has 20 heavy (non-hydrogen) atoms. The Morgan fingerprint density at radius 3 is 2.45 bits per heavy atom. The third-order valence-electron chi connectivity index (χ3n) is 4.78. The van der Waals surface area contributed by atoms with Gasteiger partial charge in [-0.3, -0.25) is 0 Å². The van der Waals surface area contributed by atoms with Crippen molar-refractivity contribution in [2.45, 2.75) is 77.7 Å². The SMILES string of the molecule is CCCC1CCCC(O)(Cc2cc(C)cc(C)c2)CC1. The molecule has 0 aliphatic heterocycles. The number of hydrogen-bond donors (Lipinski definition) is 1. The average molecular weight is 274 g/mol. The number of aryl methyl sites for hydroxylation is 2. The molecule has 1 aliphatic carbocycles. The second-order valence-corrected chi connectivity index (χ2v) is 6.98. The molecule has 1 fully saturated rings. The van der Waals surface area contributed by atoms with Gasteiger partial charge >= 0.3 is 0 Å². The zero-order valence-corrected chi connectivity index (χ0v) is 13.4. The summed E-state index contributed by atoms with van der Waals surface area (Å²) in [6.07, 6.45) is 9.09. The normalized spacial score (nSPS) is 27.3. The highest BCUT2D eigenvalue weighted by molar-refractivity contribution is 5.29. The van der Waals surface area contributed by atoms with Crippen LogP contribution in [0.4, 0.5) is 0 Å². The van der Waals surface area contributed by atoms with E-state index in [9.17, 15) is 5.11 Å². The van der Waals surface area contributed by atoms with E-state index in [4.69, 9.17) is 0 Å². The van der Waals surface area contributed by atoms with Crippen LogP contribution in [0, 0.1) is 19.8 Å². The van der Waals surface area contributed by atoms with Gasteiger partial charge in [0.2, 0.25) is 0 Å². The first-order valence-corrected chi connectivity index (χ1v) is 8.30. The molecule has 1 aromatic carbocycles. The summed E-state index contributed by atoms with van der Waals surface area (Å²) in [4.78, 5) is 0. The Hall–Kier alpha value is -0.820. The highest BCUT2D eigenvalue weighted by Gasteiger charge is 2.30. The Balaban J connectivity index is 2.03. The summed E-state index contributed by atoms with van der Waals surface area (Å²) in [5.74, 6) is 0.841. The third kappa shape index (κ3) is 4.34. The van der Waals surface area contributed by atoms with Gasteiger partial charge in [0.15, 0.2) is 0 Å². The summed E-state index contributed by atoms with van der Waals surface area (Å²) in [7, 11) is 0. The lowest BCUT2D eigenvalue weighted by Crippen LogP contribution is -2.30. The quantitative estimate of drug-likeness (QED) is 0.770. The first kappa shape index (κ1) is 15.6. The van der Waals surface area contributed by atoms with E-state index in [-0.39, 0.29) is 0 Å². The Morgan fingerprint density at radius 1 is 1.10 bits per heavy atom. The van der Waals surface area contributed by atoms with E-state index in [0.29, 0.717) is 0 Å². The zero-order chi connectivity index (χ0) is 14.6. The van der Waals surface area contributed by atoms with Gasteiger partial charge in [-0.2, -0.15) is 0 Å². The lowest BCUT2D eigenvalue weighted by atomic mass is 9.86. The highest BCUT2D eigenvalue weighted by atomic mass is 16.3. The lowest BCUT2D eigenvalue weighted by Gasteiger charge is -2.27. The number of aliphatic hydroxyl groups is 1.